The minimum absolute atomic E-state index is 0.250. The Bertz CT molecular complexity index is 720. The Morgan fingerprint density at radius 2 is 1.86 bits per heavy atom. The topological polar surface area (TPSA) is 18.8 Å². The quantitative estimate of drug-likeness (QED) is 0.806. The summed E-state index contributed by atoms with van der Waals surface area (Å²) in [7, 11) is 0. The van der Waals surface area contributed by atoms with Gasteiger partial charge in [0.15, 0.2) is 0 Å². The molecule has 2 aromatic carbocycles. The summed E-state index contributed by atoms with van der Waals surface area (Å²) in [5.74, 6) is 1.08. The van der Waals surface area contributed by atoms with Crippen LogP contribution in [0, 0.1) is 0 Å². The highest BCUT2D eigenvalue weighted by Crippen LogP contribution is 2.41. The van der Waals surface area contributed by atoms with Gasteiger partial charge in [0.25, 0.3) is 0 Å². The van der Waals surface area contributed by atoms with Crippen LogP contribution in [-0.4, -0.2) is 30.5 Å². The Kier molecular flexibility index (Phi) is 3.19. The highest BCUT2D eigenvalue weighted by Gasteiger charge is 2.38. The Morgan fingerprint density at radius 1 is 1.09 bits per heavy atom. The van der Waals surface area contributed by atoms with Crippen molar-refractivity contribution in [2.45, 2.75) is 6.04 Å². The molecule has 0 bridgehead atoms. The van der Waals surface area contributed by atoms with Gasteiger partial charge in [-0.15, -0.1) is 6.58 Å². The molecule has 4 rings (SSSR count). The zero-order valence-electron chi connectivity index (χ0n) is 12.5. The molecule has 0 fully saturated rings. The molecule has 0 saturated carbocycles. The van der Waals surface area contributed by atoms with E-state index in [1.54, 1.807) is 0 Å². The molecular formula is C19H19N3. The molecular weight excluding hydrogens is 270 g/mol. The highest BCUT2D eigenvalue weighted by atomic mass is 15.4. The van der Waals surface area contributed by atoms with E-state index in [2.05, 4.69) is 71.0 Å². The van der Waals surface area contributed by atoms with Crippen LogP contribution in [0.2, 0.25) is 0 Å². The van der Waals surface area contributed by atoms with E-state index in [9.17, 15) is 0 Å². The number of benzene rings is 2. The molecule has 3 heteroatoms. The summed E-state index contributed by atoms with van der Waals surface area (Å²) in [5, 5.41) is 0. The molecule has 2 aromatic rings. The largest absolute Gasteiger partial charge is 0.329 e. The number of anilines is 1. The molecule has 0 amide bonds. The summed E-state index contributed by atoms with van der Waals surface area (Å²) >= 11 is 0. The number of rotatable bonds is 3. The number of hydrogen-bond donors (Lipinski definition) is 0. The molecule has 0 saturated heterocycles. The SMILES string of the molecule is C=CCN1C2=NCCN2C(c2ccccc2)c2ccccc21. The predicted molar refractivity (Wildman–Crippen MR) is 91.3 cm³/mol. The van der Waals surface area contributed by atoms with Gasteiger partial charge in [0.05, 0.1) is 12.6 Å². The van der Waals surface area contributed by atoms with Crippen LogP contribution in [0.5, 0.6) is 0 Å². The molecule has 0 N–H and O–H groups in total. The molecule has 0 aliphatic carbocycles. The first kappa shape index (κ1) is 13.1. The third-order valence-electron chi connectivity index (χ3n) is 4.35. The lowest BCUT2D eigenvalue weighted by Crippen LogP contribution is -2.48. The Balaban J connectivity index is 1.90. The molecule has 22 heavy (non-hydrogen) atoms. The van der Waals surface area contributed by atoms with Gasteiger partial charge in [-0.1, -0.05) is 54.6 Å². The van der Waals surface area contributed by atoms with Gasteiger partial charge in [-0.05, 0) is 11.6 Å². The summed E-state index contributed by atoms with van der Waals surface area (Å²) < 4.78 is 0. The first-order valence-corrected chi connectivity index (χ1v) is 7.73. The van der Waals surface area contributed by atoms with Crippen molar-refractivity contribution in [3.63, 3.8) is 0 Å². The van der Waals surface area contributed by atoms with Crippen molar-refractivity contribution < 1.29 is 0 Å². The van der Waals surface area contributed by atoms with E-state index < -0.39 is 0 Å². The minimum atomic E-state index is 0.250. The number of guanidine groups is 1. The lowest BCUT2D eigenvalue weighted by atomic mass is 9.93. The van der Waals surface area contributed by atoms with E-state index in [0.717, 1.165) is 25.6 Å². The Morgan fingerprint density at radius 3 is 2.68 bits per heavy atom. The van der Waals surface area contributed by atoms with Gasteiger partial charge in [0.1, 0.15) is 0 Å². The zero-order valence-corrected chi connectivity index (χ0v) is 12.5. The van der Waals surface area contributed by atoms with Gasteiger partial charge in [-0.25, -0.2) is 0 Å². The van der Waals surface area contributed by atoms with Crippen molar-refractivity contribution >= 4 is 11.6 Å². The van der Waals surface area contributed by atoms with Crippen LogP contribution >= 0.6 is 0 Å². The molecule has 110 valence electrons. The Hall–Kier alpha value is -2.55. The van der Waals surface area contributed by atoms with Gasteiger partial charge in [-0.3, -0.25) is 4.99 Å². The van der Waals surface area contributed by atoms with Crippen LogP contribution in [-0.2, 0) is 0 Å². The molecule has 0 aromatic heterocycles. The van der Waals surface area contributed by atoms with E-state index in [1.165, 1.54) is 16.8 Å². The van der Waals surface area contributed by atoms with Gasteiger partial charge < -0.3 is 9.80 Å². The van der Waals surface area contributed by atoms with Gasteiger partial charge in [0, 0.05) is 24.3 Å². The minimum Gasteiger partial charge on any atom is -0.329 e. The second kappa shape index (κ2) is 5.34. The van der Waals surface area contributed by atoms with Crippen LogP contribution in [0.15, 0.2) is 72.2 Å². The summed E-state index contributed by atoms with van der Waals surface area (Å²) in [4.78, 5) is 9.44. The number of para-hydroxylation sites is 1. The van der Waals surface area contributed by atoms with Crippen molar-refractivity contribution in [3.05, 3.63) is 78.4 Å². The number of fused-ring (bicyclic) bond motifs is 2. The van der Waals surface area contributed by atoms with Crippen LogP contribution < -0.4 is 4.90 Å². The zero-order chi connectivity index (χ0) is 14.9. The van der Waals surface area contributed by atoms with Gasteiger partial charge in [-0.2, -0.15) is 0 Å². The third-order valence-corrected chi connectivity index (χ3v) is 4.35. The molecule has 0 radical (unpaired) electrons. The van der Waals surface area contributed by atoms with Crippen LogP contribution in [0.4, 0.5) is 5.69 Å². The van der Waals surface area contributed by atoms with Gasteiger partial charge in [0.2, 0.25) is 5.96 Å². The summed E-state index contributed by atoms with van der Waals surface area (Å²) in [6, 6.07) is 19.6. The number of hydrogen-bond acceptors (Lipinski definition) is 3. The average molecular weight is 289 g/mol. The van der Waals surface area contributed by atoms with Crippen LogP contribution in [0.1, 0.15) is 17.2 Å². The van der Waals surface area contributed by atoms with E-state index in [0.29, 0.717) is 0 Å². The first-order chi connectivity index (χ1) is 10.9. The maximum Gasteiger partial charge on any atom is 0.202 e. The summed E-state index contributed by atoms with van der Waals surface area (Å²) in [6.07, 6.45) is 1.94. The van der Waals surface area contributed by atoms with Crippen molar-refractivity contribution in [2.24, 2.45) is 4.99 Å². The standard InChI is InChI=1S/C19H19N3/c1-2-13-21-17-11-7-6-10-16(17)18(15-8-4-3-5-9-15)22-14-12-20-19(21)22/h2-11,18H,1,12-14H2. The molecule has 2 aliphatic rings. The second-order valence-electron chi connectivity index (χ2n) is 5.65. The summed E-state index contributed by atoms with van der Waals surface area (Å²) in [5.41, 5.74) is 3.91. The fourth-order valence-corrected chi connectivity index (χ4v) is 3.48. The lowest BCUT2D eigenvalue weighted by molar-refractivity contribution is 0.374. The smallest absolute Gasteiger partial charge is 0.202 e. The normalized spacial score (nSPS) is 19.5. The van der Waals surface area contributed by atoms with E-state index in [-0.39, 0.29) is 6.04 Å². The first-order valence-electron chi connectivity index (χ1n) is 7.73. The van der Waals surface area contributed by atoms with Crippen LogP contribution in [0.25, 0.3) is 0 Å². The van der Waals surface area contributed by atoms with E-state index in [1.807, 2.05) is 6.08 Å². The number of aliphatic imine (C=N–C) groups is 1. The van der Waals surface area contributed by atoms with Gasteiger partial charge >= 0.3 is 0 Å². The maximum absolute atomic E-state index is 4.75. The van der Waals surface area contributed by atoms with Crippen molar-refractivity contribution in [1.82, 2.24) is 4.90 Å². The molecule has 0 spiro atoms. The van der Waals surface area contributed by atoms with Crippen molar-refractivity contribution in [1.29, 1.82) is 0 Å². The van der Waals surface area contributed by atoms with E-state index in [4.69, 9.17) is 4.99 Å². The fourth-order valence-electron chi connectivity index (χ4n) is 3.48. The molecule has 1 atom stereocenters. The molecule has 1 unspecified atom stereocenters. The predicted octanol–water partition coefficient (Wildman–Crippen LogP) is 3.45. The maximum atomic E-state index is 4.75. The molecule has 3 nitrogen and oxygen atoms in total. The fraction of sp³-hybridized carbons (Fsp3) is 0.211. The van der Waals surface area contributed by atoms with Crippen molar-refractivity contribution in [2.75, 3.05) is 24.5 Å². The Labute approximate surface area is 131 Å². The number of nitrogens with zero attached hydrogens (tertiary/aromatic N) is 3. The summed E-state index contributed by atoms with van der Waals surface area (Å²) in [6.45, 7) is 6.52. The molecule has 2 heterocycles. The second-order valence-corrected chi connectivity index (χ2v) is 5.65. The van der Waals surface area contributed by atoms with Crippen LogP contribution in [0.3, 0.4) is 0 Å². The lowest BCUT2D eigenvalue weighted by Gasteiger charge is -2.43. The van der Waals surface area contributed by atoms with Crippen molar-refractivity contribution in [3.8, 4) is 0 Å². The van der Waals surface area contributed by atoms with E-state index >= 15 is 0 Å². The third kappa shape index (κ3) is 1.93. The monoisotopic (exact) mass is 289 g/mol. The average Bonchev–Trinajstić information content (AvgIpc) is 3.05. The highest BCUT2D eigenvalue weighted by molar-refractivity contribution is 6.00. The molecule has 2 aliphatic heterocycles.